The van der Waals surface area contributed by atoms with Gasteiger partial charge in [0.15, 0.2) is 0 Å². The molecule has 0 bridgehead atoms. The van der Waals surface area contributed by atoms with E-state index in [0.717, 1.165) is 19.3 Å². The summed E-state index contributed by atoms with van der Waals surface area (Å²) in [5, 5.41) is 0. The first-order chi connectivity index (χ1) is 9.63. The predicted molar refractivity (Wildman–Crippen MR) is 73.9 cm³/mol. The van der Waals surface area contributed by atoms with Gasteiger partial charge in [-0.15, -0.1) is 0 Å². The molecule has 1 unspecified atom stereocenters. The maximum Gasteiger partial charge on any atom is 0.336 e. The molecule has 1 saturated heterocycles. The summed E-state index contributed by atoms with van der Waals surface area (Å²) < 4.78 is 14.8. The van der Waals surface area contributed by atoms with E-state index in [4.69, 9.17) is 14.2 Å². The van der Waals surface area contributed by atoms with E-state index in [1.165, 1.54) is 19.1 Å². The van der Waals surface area contributed by atoms with Crippen LogP contribution in [0.1, 0.15) is 52.4 Å². The highest BCUT2D eigenvalue weighted by molar-refractivity contribution is 5.87. The lowest BCUT2D eigenvalue weighted by Gasteiger charge is -2.03. The summed E-state index contributed by atoms with van der Waals surface area (Å²) in [5.41, 5.74) is 0.282. The van der Waals surface area contributed by atoms with Crippen LogP contribution < -0.4 is 0 Å². The molecule has 0 aromatic heterocycles. The van der Waals surface area contributed by atoms with E-state index in [1.54, 1.807) is 6.92 Å². The van der Waals surface area contributed by atoms with E-state index < -0.39 is 5.97 Å². The Kier molecular flexibility index (Phi) is 7.95. The van der Waals surface area contributed by atoms with Crippen LogP contribution in [0.3, 0.4) is 0 Å². The zero-order valence-electron chi connectivity index (χ0n) is 12.4. The minimum atomic E-state index is -0.476. The third-order valence-electron chi connectivity index (χ3n) is 2.98. The molecule has 20 heavy (non-hydrogen) atoms. The minimum Gasteiger partial charge on any atom is -0.459 e. The monoisotopic (exact) mass is 284 g/mol. The van der Waals surface area contributed by atoms with Crippen LogP contribution >= 0.6 is 0 Å². The number of esters is 2. The average molecular weight is 284 g/mol. The molecule has 1 fully saturated rings. The first-order valence-corrected chi connectivity index (χ1v) is 7.28. The first-order valence-electron chi connectivity index (χ1n) is 7.28. The van der Waals surface area contributed by atoms with E-state index in [2.05, 4.69) is 6.92 Å². The second-order valence-corrected chi connectivity index (χ2v) is 5.01. The molecule has 1 atom stereocenters. The van der Waals surface area contributed by atoms with Gasteiger partial charge in [0, 0.05) is 6.42 Å². The number of hydrogen-bond donors (Lipinski definition) is 0. The summed E-state index contributed by atoms with van der Waals surface area (Å²) in [6.07, 6.45) is 6.99. The Morgan fingerprint density at radius 3 is 2.60 bits per heavy atom. The van der Waals surface area contributed by atoms with Gasteiger partial charge in [0.25, 0.3) is 0 Å². The van der Waals surface area contributed by atoms with E-state index in [0.29, 0.717) is 13.0 Å². The van der Waals surface area contributed by atoms with Crippen LogP contribution in [0.4, 0.5) is 0 Å². The summed E-state index contributed by atoms with van der Waals surface area (Å²) in [7, 11) is 0. The van der Waals surface area contributed by atoms with Gasteiger partial charge in [-0.25, -0.2) is 4.79 Å². The third kappa shape index (κ3) is 7.94. The van der Waals surface area contributed by atoms with Crippen LogP contribution in [0.25, 0.3) is 0 Å². The summed E-state index contributed by atoms with van der Waals surface area (Å²) in [5.74, 6) is -0.782. The van der Waals surface area contributed by atoms with Crippen LogP contribution in [0, 0.1) is 0 Å². The lowest BCUT2D eigenvalue weighted by molar-refractivity contribution is -0.140. The molecule has 0 radical (unpaired) electrons. The van der Waals surface area contributed by atoms with Crippen molar-refractivity contribution in [1.82, 2.24) is 0 Å². The maximum absolute atomic E-state index is 11.5. The lowest BCUT2D eigenvalue weighted by Crippen LogP contribution is -2.11. The van der Waals surface area contributed by atoms with Crippen molar-refractivity contribution >= 4 is 11.9 Å². The van der Waals surface area contributed by atoms with Gasteiger partial charge in [-0.1, -0.05) is 32.6 Å². The van der Waals surface area contributed by atoms with Crippen LogP contribution in [-0.2, 0) is 23.8 Å². The van der Waals surface area contributed by atoms with E-state index >= 15 is 0 Å². The number of epoxide rings is 1. The van der Waals surface area contributed by atoms with Gasteiger partial charge >= 0.3 is 11.9 Å². The first kappa shape index (κ1) is 16.7. The quantitative estimate of drug-likeness (QED) is 0.203. The molecular weight excluding hydrogens is 260 g/mol. The number of carbonyl (C=O) groups is 2. The molecule has 1 aliphatic rings. The number of unbranched alkanes of at least 4 members (excludes halogenated alkanes) is 4. The lowest BCUT2D eigenvalue weighted by atomic mass is 10.1. The van der Waals surface area contributed by atoms with Gasteiger partial charge < -0.3 is 14.2 Å². The summed E-state index contributed by atoms with van der Waals surface area (Å²) in [6, 6.07) is 0. The van der Waals surface area contributed by atoms with Crippen molar-refractivity contribution in [3.63, 3.8) is 0 Å². The van der Waals surface area contributed by atoms with Crippen molar-refractivity contribution in [1.29, 1.82) is 0 Å². The van der Waals surface area contributed by atoms with Crippen molar-refractivity contribution in [2.75, 3.05) is 13.2 Å². The fourth-order valence-corrected chi connectivity index (χ4v) is 1.58. The van der Waals surface area contributed by atoms with E-state index in [-0.39, 0.29) is 24.3 Å². The van der Waals surface area contributed by atoms with E-state index in [1.807, 2.05) is 0 Å². The SMILES string of the molecule is CCCCCCCC(=O)OC=C(C)C(=O)OCC1CO1. The molecule has 1 rings (SSSR count). The molecule has 5 heteroatoms. The van der Waals surface area contributed by atoms with E-state index in [9.17, 15) is 9.59 Å². The summed E-state index contributed by atoms with van der Waals surface area (Å²) >= 11 is 0. The Morgan fingerprint density at radius 2 is 1.95 bits per heavy atom. The maximum atomic E-state index is 11.5. The van der Waals surface area contributed by atoms with Gasteiger partial charge in [-0.2, -0.15) is 0 Å². The average Bonchev–Trinajstić information content (AvgIpc) is 3.26. The van der Waals surface area contributed by atoms with Crippen molar-refractivity contribution in [2.45, 2.75) is 58.5 Å². The second kappa shape index (κ2) is 9.53. The van der Waals surface area contributed by atoms with Gasteiger partial charge in [0.2, 0.25) is 0 Å². The number of carbonyl (C=O) groups excluding carboxylic acids is 2. The van der Waals surface area contributed by atoms with Crippen LogP contribution in [-0.4, -0.2) is 31.3 Å². The summed E-state index contributed by atoms with van der Waals surface area (Å²) in [4.78, 5) is 22.9. The molecular formula is C15H24O5. The molecule has 114 valence electrons. The molecule has 0 spiro atoms. The molecule has 5 nitrogen and oxygen atoms in total. The van der Waals surface area contributed by atoms with Crippen molar-refractivity contribution < 1.29 is 23.8 Å². The normalized spacial score (nSPS) is 17.7. The predicted octanol–water partition coefficient (Wildman–Crippen LogP) is 2.74. The van der Waals surface area contributed by atoms with Gasteiger partial charge in [-0.3, -0.25) is 4.79 Å². The van der Waals surface area contributed by atoms with Crippen LogP contribution in [0.5, 0.6) is 0 Å². The Balaban J connectivity index is 2.09. The second-order valence-electron chi connectivity index (χ2n) is 5.01. The zero-order chi connectivity index (χ0) is 14.8. The largest absolute Gasteiger partial charge is 0.459 e. The molecule has 0 aliphatic carbocycles. The Hall–Kier alpha value is -1.36. The van der Waals surface area contributed by atoms with Crippen LogP contribution in [0.15, 0.2) is 11.8 Å². The minimum absolute atomic E-state index is 0.0393. The van der Waals surface area contributed by atoms with Crippen LogP contribution in [0.2, 0.25) is 0 Å². The Morgan fingerprint density at radius 1 is 1.25 bits per heavy atom. The van der Waals surface area contributed by atoms with Gasteiger partial charge in [0.1, 0.15) is 19.0 Å². The molecule has 0 aromatic carbocycles. The zero-order valence-corrected chi connectivity index (χ0v) is 12.4. The Labute approximate surface area is 120 Å². The Bertz CT molecular complexity index is 344. The van der Waals surface area contributed by atoms with Crippen molar-refractivity contribution in [2.24, 2.45) is 0 Å². The molecule has 0 aromatic rings. The van der Waals surface area contributed by atoms with Crippen molar-refractivity contribution in [3.05, 3.63) is 11.8 Å². The van der Waals surface area contributed by atoms with Gasteiger partial charge in [-0.05, 0) is 13.3 Å². The van der Waals surface area contributed by atoms with Crippen molar-refractivity contribution in [3.8, 4) is 0 Å². The highest BCUT2D eigenvalue weighted by atomic mass is 16.6. The fourth-order valence-electron chi connectivity index (χ4n) is 1.58. The van der Waals surface area contributed by atoms with Gasteiger partial charge in [0.05, 0.1) is 12.2 Å². The number of ether oxygens (including phenoxy) is 3. The third-order valence-corrected chi connectivity index (χ3v) is 2.98. The smallest absolute Gasteiger partial charge is 0.336 e. The molecule has 0 amide bonds. The molecule has 1 heterocycles. The molecule has 0 saturated carbocycles. The standard InChI is InChI=1S/C15H24O5/c1-3-4-5-6-7-8-14(16)19-9-12(2)15(17)20-11-13-10-18-13/h9,13H,3-8,10-11H2,1-2H3. The number of hydrogen-bond acceptors (Lipinski definition) is 5. The fraction of sp³-hybridized carbons (Fsp3) is 0.733. The highest BCUT2D eigenvalue weighted by Crippen LogP contribution is 2.10. The number of rotatable bonds is 10. The topological polar surface area (TPSA) is 65.1 Å². The highest BCUT2D eigenvalue weighted by Gasteiger charge is 2.24. The summed E-state index contributed by atoms with van der Waals surface area (Å²) in [6.45, 7) is 4.61. The molecule has 0 N–H and O–H groups in total. The molecule has 1 aliphatic heterocycles.